The number of rotatable bonds is 6. The zero-order valence-corrected chi connectivity index (χ0v) is 16.5. The second-order valence-corrected chi connectivity index (χ2v) is 8.54. The first-order chi connectivity index (χ1) is 12.2. The van der Waals surface area contributed by atoms with Crippen LogP contribution in [0, 0.1) is 16.2 Å². The Hall–Kier alpha value is -1.75. The highest BCUT2D eigenvalue weighted by Crippen LogP contribution is 2.72. The third-order valence-corrected chi connectivity index (χ3v) is 7.55. The molecule has 3 rings (SSSR count). The average molecular weight is 361 g/mol. The first-order valence-corrected chi connectivity index (χ1v) is 9.39. The first kappa shape index (κ1) is 19.0. The van der Waals surface area contributed by atoms with Gasteiger partial charge in [-0.3, -0.25) is 4.79 Å². The highest BCUT2D eigenvalue weighted by Gasteiger charge is 2.72. The van der Waals surface area contributed by atoms with E-state index in [1.165, 1.54) is 0 Å². The number of aliphatic hydroxyl groups excluding tert-OH is 1. The van der Waals surface area contributed by atoms with Gasteiger partial charge in [-0.2, -0.15) is 0 Å². The lowest BCUT2D eigenvalue weighted by Crippen LogP contribution is -2.47. The Morgan fingerprint density at radius 1 is 1.19 bits per heavy atom. The van der Waals surface area contributed by atoms with Crippen molar-refractivity contribution in [2.75, 3.05) is 20.8 Å². The Morgan fingerprint density at radius 2 is 1.88 bits per heavy atom. The molecule has 0 heterocycles. The highest BCUT2D eigenvalue weighted by atomic mass is 16.5. The van der Waals surface area contributed by atoms with Crippen LogP contribution in [0.1, 0.15) is 45.6 Å². The van der Waals surface area contributed by atoms with Gasteiger partial charge in [-0.1, -0.05) is 26.8 Å². The fourth-order valence-corrected chi connectivity index (χ4v) is 5.16. The number of carbonyl (C=O) groups excluding carboxylic acids is 1. The van der Waals surface area contributed by atoms with E-state index in [1.807, 2.05) is 18.2 Å². The zero-order chi connectivity index (χ0) is 19.2. The molecule has 0 spiro atoms. The van der Waals surface area contributed by atoms with Crippen molar-refractivity contribution in [1.29, 1.82) is 0 Å². The molecule has 26 heavy (non-hydrogen) atoms. The summed E-state index contributed by atoms with van der Waals surface area (Å²) >= 11 is 0. The van der Waals surface area contributed by atoms with Gasteiger partial charge < -0.3 is 19.9 Å². The van der Waals surface area contributed by atoms with Gasteiger partial charge in [0.15, 0.2) is 11.5 Å². The van der Waals surface area contributed by atoms with Crippen molar-refractivity contribution >= 4 is 5.91 Å². The lowest BCUT2D eigenvalue weighted by Gasteiger charge is -2.40. The molecule has 0 aromatic heterocycles. The van der Waals surface area contributed by atoms with E-state index in [1.54, 1.807) is 14.2 Å². The van der Waals surface area contributed by atoms with Gasteiger partial charge in [-0.05, 0) is 54.2 Å². The summed E-state index contributed by atoms with van der Waals surface area (Å²) in [4.78, 5) is 13.1. The lowest BCUT2D eigenvalue weighted by molar-refractivity contribution is -0.136. The van der Waals surface area contributed by atoms with Crippen LogP contribution in [0.25, 0.3) is 0 Å². The number of benzene rings is 1. The maximum absolute atomic E-state index is 13.1. The lowest BCUT2D eigenvalue weighted by atomic mass is 9.64. The number of aliphatic hydroxyl groups is 1. The van der Waals surface area contributed by atoms with Crippen molar-refractivity contribution in [2.24, 2.45) is 16.2 Å². The molecule has 2 aliphatic carbocycles. The number of hydrogen-bond donors (Lipinski definition) is 2. The molecule has 144 valence electrons. The predicted molar refractivity (Wildman–Crippen MR) is 100 cm³/mol. The minimum absolute atomic E-state index is 0.0863. The SMILES string of the molecule is COc1ccc(CCNC(=O)C23CCC(C)(C(O)C2)C3(C)C)cc1OC. The van der Waals surface area contributed by atoms with Gasteiger partial charge in [0.1, 0.15) is 0 Å². The number of fused-ring (bicyclic) bond motifs is 2. The molecule has 3 unspecified atom stereocenters. The fraction of sp³-hybridized carbons (Fsp3) is 0.667. The summed E-state index contributed by atoms with van der Waals surface area (Å²) < 4.78 is 10.6. The van der Waals surface area contributed by atoms with Crippen molar-refractivity contribution in [1.82, 2.24) is 5.32 Å². The molecule has 2 saturated carbocycles. The van der Waals surface area contributed by atoms with E-state index >= 15 is 0 Å². The van der Waals surface area contributed by atoms with E-state index in [9.17, 15) is 9.90 Å². The van der Waals surface area contributed by atoms with Gasteiger partial charge in [0, 0.05) is 6.54 Å². The van der Waals surface area contributed by atoms with E-state index < -0.39 is 11.5 Å². The normalized spacial score (nSPS) is 31.7. The molecular weight excluding hydrogens is 330 g/mol. The number of hydrogen-bond acceptors (Lipinski definition) is 4. The second kappa shape index (κ2) is 6.45. The van der Waals surface area contributed by atoms with Crippen LogP contribution >= 0.6 is 0 Å². The maximum Gasteiger partial charge on any atom is 0.226 e. The maximum atomic E-state index is 13.1. The molecular formula is C21H31NO4. The molecule has 2 bridgehead atoms. The van der Waals surface area contributed by atoms with Crippen molar-refractivity contribution in [3.8, 4) is 11.5 Å². The Morgan fingerprint density at radius 3 is 2.42 bits per heavy atom. The quantitative estimate of drug-likeness (QED) is 0.817. The van der Waals surface area contributed by atoms with Gasteiger partial charge in [0.2, 0.25) is 5.91 Å². The van der Waals surface area contributed by atoms with Crippen LogP contribution in [0.5, 0.6) is 11.5 Å². The largest absolute Gasteiger partial charge is 0.493 e. The predicted octanol–water partition coefficient (Wildman–Crippen LogP) is 2.94. The summed E-state index contributed by atoms with van der Waals surface area (Å²) in [6.07, 6.45) is 2.66. The molecule has 2 N–H and O–H groups in total. The summed E-state index contributed by atoms with van der Waals surface area (Å²) in [5.74, 6) is 1.48. The van der Waals surface area contributed by atoms with Crippen LogP contribution in [0.4, 0.5) is 0 Å². The highest BCUT2D eigenvalue weighted by molar-refractivity contribution is 5.85. The number of ether oxygens (including phenoxy) is 2. The molecule has 5 heteroatoms. The Balaban J connectivity index is 1.65. The molecule has 1 aromatic rings. The van der Waals surface area contributed by atoms with Crippen LogP contribution in [0.2, 0.25) is 0 Å². The van der Waals surface area contributed by atoms with Crippen molar-refractivity contribution < 1.29 is 19.4 Å². The van der Waals surface area contributed by atoms with Crippen molar-refractivity contribution in [3.63, 3.8) is 0 Å². The monoisotopic (exact) mass is 361 g/mol. The minimum Gasteiger partial charge on any atom is -0.493 e. The van der Waals surface area contributed by atoms with Gasteiger partial charge >= 0.3 is 0 Å². The average Bonchev–Trinajstić information content (AvgIpc) is 2.91. The van der Waals surface area contributed by atoms with Gasteiger partial charge in [0.05, 0.1) is 25.7 Å². The summed E-state index contributed by atoms with van der Waals surface area (Å²) in [6.45, 7) is 6.98. The van der Waals surface area contributed by atoms with E-state index in [-0.39, 0.29) is 16.7 Å². The topological polar surface area (TPSA) is 67.8 Å². The van der Waals surface area contributed by atoms with E-state index in [4.69, 9.17) is 9.47 Å². The molecule has 0 aliphatic heterocycles. The molecule has 1 amide bonds. The molecule has 2 fully saturated rings. The molecule has 3 atom stereocenters. The molecule has 5 nitrogen and oxygen atoms in total. The van der Waals surface area contributed by atoms with E-state index in [0.29, 0.717) is 24.5 Å². The van der Waals surface area contributed by atoms with Crippen LogP contribution < -0.4 is 14.8 Å². The van der Waals surface area contributed by atoms with Crippen molar-refractivity contribution in [2.45, 2.75) is 52.6 Å². The second-order valence-electron chi connectivity index (χ2n) is 8.54. The number of carbonyl (C=O) groups is 1. The number of methoxy groups -OCH3 is 2. The standard InChI is InChI=1S/C21H31NO4/c1-19(2)20(3)9-10-21(19,13-17(20)23)18(24)22-11-8-14-6-7-15(25-4)16(12-14)26-5/h6-7,12,17,23H,8-11,13H2,1-5H3,(H,22,24). The number of amides is 1. The Kier molecular flexibility index (Phi) is 4.72. The zero-order valence-electron chi connectivity index (χ0n) is 16.5. The Bertz CT molecular complexity index is 701. The Labute approximate surface area is 156 Å². The minimum atomic E-state index is -0.460. The van der Waals surface area contributed by atoms with E-state index in [2.05, 4.69) is 26.1 Å². The summed E-state index contributed by atoms with van der Waals surface area (Å²) in [5, 5.41) is 13.7. The summed E-state index contributed by atoms with van der Waals surface area (Å²) in [7, 11) is 3.23. The van der Waals surface area contributed by atoms with Gasteiger partial charge in [-0.15, -0.1) is 0 Å². The third-order valence-electron chi connectivity index (χ3n) is 7.55. The van der Waals surface area contributed by atoms with E-state index in [0.717, 1.165) is 24.8 Å². The molecule has 0 saturated heterocycles. The third kappa shape index (κ3) is 2.51. The summed E-state index contributed by atoms with van der Waals surface area (Å²) in [6, 6.07) is 5.81. The smallest absolute Gasteiger partial charge is 0.226 e. The van der Waals surface area contributed by atoms with Crippen LogP contribution in [-0.2, 0) is 11.2 Å². The van der Waals surface area contributed by atoms with Crippen LogP contribution in [0.15, 0.2) is 18.2 Å². The van der Waals surface area contributed by atoms with Crippen molar-refractivity contribution in [3.05, 3.63) is 23.8 Å². The fourth-order valence-electron chi connectivity index (χ4n) is 5.16. The van der Waals surface area contributed by atoms with Crippen LogP contribution in [-0.4, -0.2) is 37.9 Å². The van der Waals surface area contributed by atoms with Crippen LogP contribution in [0.3, 0.4) is 0 Å². The van der Waals surface area contributed by atoms with Gasteiger partial charge in [0.25, 0.3) is 0 Å². The number of nitrogens with one attached hydrogen (secondary N) is 1. The molecule has 1 aromatic carbocycles. The summed E-state index contributed by atoms with van der Waals surface area (Å²) in [5.41, 5.74) is 0.252. The first-order valence-electron chi connectivity index (χ1n) is 9.39. The molecule has 0 radical (unpaired) electrons. The van der Waals surface area contributed by atoms with Gasteiger partial charge in [-0.25, -0.2) is 0 Å². The molecule has 2 aliphatic rings.